The van der Waals surface area contributed by atoms with Gasteiger partial charge in [0.1, 0.15) is 5.82 Å². The third-order valence-electron chi connectivity index (χ3n) is 3.37. The van der Waals surface area contributed by atoms with Crippen molar-refractivity contribution in [2.75, 3.05) is 39.8 Å². The molecule has 0 aromatic heterocycles. The predicted molar refractivity (Wildman–Crippen MR) is 80.5 cm³/mol. The Morgan fingerprint density at radius 3 is 2.71 bits per heavy atom. The largest absolute Gasteiger partial charge is 0.339 e. The molecule has 21 heavy (non-hydrogen) atoms. The fraction of sp³-hybridized carbons (Fsp3) is 0.429. The molecular weight excluding hydrogens is 341 g/mol. The molecule has 2 rings (SSSR count). The van der Waals surface area contributed by atoms with Crippen LogP contribution in [0.15, 0.2) is 22.7 Å². The predicted octanol–water partition coefficient (Wildman–Crippen LogP) is 1.09. The zero-order valence-electron chi connectivity index (χ0n) is 11.7. The Bertz CT molecular complexity index is 547. The van der Waals surface area contributed by atoms with Crippen molar-refractivity contribution in [3.05, 3.63) is 34.1 Å². The molecule has 1 heterocycles. The van der Waals surface area contributed by atoms with E-state index < -0.39 is 5.82 Å². The van der Waals surface area contributed by atoms with Crippen LogP contribution < -0.4 is 5.32 Å². The Labute approximate surface area is 131 Å². The summed E-state index contributed by atoms with van der Waals surface area (Å²) >= 11 is 3.07. The molecule has 1 N–H and O–H groups in total. The van der Waals surface area contributed by atoms with E-state index in [2.05, 4.69) is 21.2 Å². The van der Waals surface area contributed by atoms with E-state index in [9.17, 15) is 14.0 Å². The topological polar surface area (TPSA) is 52.7 Å². The van der Waals surface area contributed by atoms with Crippen LogP contribution in [0.1, 0.15) is 10.4 Å². The van der Waals surface area contributed by atoms with E-state index >= 15 is 0 Å². The van der Waals surface area contributed by atoms with Crippen LogP contribution in [0.2, 0.25) is 0 Å². The van der Waals surface area contributed by atoms with Crippen molar-refractivity contribution < 1.29 is 14.0 Å². The van der Waals surface area contributed by atoms with Crippen molar-refractivity contribution in [3.63, 3.8) is 0 Å². The lowest BCUT2D eigenvalue weighted by atomic mass is 10.2. The van der Waals surface area contributed by atoms with Crippen molar-refractivity contribution in [1.29, 1.82) is 0 Å². The number of carbonyl (C=O) groups excluding carboxylic acids is 2. The highest BCUT2D eigenvalue weighted by atomic mass is 79.9. The van der Waals surface area contributed by atoms with Crippen LogP contribution in [0, 0.1) is 5.82 Å². The highest BCUT2D eigenvalue weighted by Crippen LogP contribution is 2.21. The Balaban J connectivity index is 2.02. The lowest BCUT2D eigenvalue weighted by Gasteiger charge is -2.29. The van der Waals surface area contributed by atoms with Gasteiger partial charge in [0.25, 0.3) is 5.91 Å². The van der Waals surface area contributed by atoms with Gasteiger partial charge in [0, 0.05) is 33.2 Å². The summed E-state index contributed by atoms with van der Waals surface area (Å²) < 4.78 is 13.6. The Hall–Kier alpha value is -1.47. The first-order chi connectivity index (χ1) is 10.0. The van der Waals surface area contributed by atoms with Crippen LogP contribution in [0.4, 0.5) is 4.39 Å². The van der Waals surface area contributed by atoms with Gasteiger partial charge < -0.3 is 15.1 Å². The van der Waals surface area contributed by atoms with Gasteiger partial charge >= 0.3 is 0 Å². The second-order valence-electron chi connectivity index (χ2n) is 4.89. The maximum atomic E-state index is 13.5. The molecule has 1 fully saturated rings. The lowest BCUT2D eigenvalue weighted by Crippen LogP contribution is -2.49. The maximum absolute atomic E-state index is 13.5. The molecule has 7 heteroatoms. The Morgan fingerprint density at radius 2 is 2.05 bits per heavy atom. The number of hydrogen-bond donors (Lipinski definition) is 1. The minimum atomic E-state index is -0.498. The zero-order chi connectivity index (χ0) is 15.4. The van der Waals surface area contributed by atoms with Gasteiger partial charge in [0.2, 0.25) is 5.91 Å². The molecule has 0 atom stereocenters. The first-order valence-corrected chi connectivity index (χ1v) is 7.48. The second kappa shape index (κ2) is 7.00. The van der Waals surface area contributed by atoms with Crippen molar-refractivity contribution >= 4 is 27.7 Å². The van der Waals surface area contributed by atoms with Gasteiger partial charge in [0.15, 0.2) is 0 Å². The summed E-state index contributed by atoms with van der Waals surface area (Å²) in [5.41, 5.74) is 0.214. The summed E-state index contributed by atoms with van der Waals surface area (Å²) in [5.74, 6) is -0.979. The third-order valence-corrected chi connectivity index (χ3v) is 4.18. The smallest absolute Gasteiger partial charge is 0.255 e. The molecule has 0 aliphatic carbocycles. The fourth-order valence-electron chi connectivity index (χ4n) is 2.16. The monoisotopic (exact) mass is 357 g/mol. The zero-order valence-corrected chi connectivity index (χ0v) is 13.3. The minimum absolute atomic E-state index is 0.0121. The van der Waals surface area contributed by atoms with Crippen LogP contribution in [0.3, 0.4) is 0 Å². The first kappa shape index (κ1) is 15.9. The Morgan fingerprint density at radius 1 is 1.38 bits per heavy atom. The molecule has 0 unspecified atom stereocenters. The van der Waals surface area contributed by atoms with Gasteiger partial charge in [-0.05, 0) is 28.1 Å². The highest BCUT2D eigenvalue weighted by Gasteiger charge is 2.22. The minimum Gasteiger partial charge on any atom is -0.339 e. The molecule has 5 nitrogen and oxygen atoms in total. The van der Waals surface area contributed by atoms with Crippen molar-refractivity contribution in [2.24, 2.45) is 0 Å². The van der Waals surface area contributed by atoms with Gasteiger partial charge in [-0.3, -0.25) is 9.59 Å². The third kappa shape index (κ3) is 3.79. The van der Waals surface area contributed by atoms with Crippen LogP contribution >= 0.6 is 15.9 Å². The molecule has 1 aliphatic heterocycles. The van der Waals surface area contributed by atoms with E-state index in [0.29, 0.717) is 13.1 Å². The fourth-order valence-corrected chi connectivity index (χ4v) is 2.60. The lowest BCUT2D eigenvalue weighted by molar-refractivity contribution is -0.132. The number of nitrogens with one attached hydrogen (secondary N) is 1. The summed E-state index contributed by atoms with van der Waals surface area (Å²) in [6.45, 7) is 2.80. The molecule has 1 saturated heterocycles. The van der Waals surface area contributed by atoms with E-state index in [1.165, 1.54) is 23.1 Å². The maximum Gasteiger partial charge on any atom is 0.255 e. The van der Waals surface area contributed by atoms with E-state index in [1.807, 2.05) is 0 Å². The molecule has 2 amide bonds. The molecule has 0 bridgehead atoms. The number of likely N-dealkylation sites (N-methyl/N-ethyl adjacent to an activating group) is 1. The number of halogens is 2. The summed E-state index contributed by atoms with van der Waals surface area (Å²) in [6, 6.07) is 4.27. The van der Waals surface area contributed by atoms with Gasteiger partial charge in [-0.2, -0.15) is 0 Å². The summed E-state index contributed by atoms with van der Waals surface area (Å²) in [4.78, 5) is 27.4. The number of rotatable bonds is 3. The highest BCUT2D eigenvalue weighted by molar-refractivity contribution is 9.10. The first-order valence-electron chi connectivity index (χ1n) is 6.68. The number of benzene rings is 1. The molecule has 0 saturated carbocycles. The summed E-state index contributed by atoms with van der Waals surface area (Å²) in [6.07, 6.45) is 0. The average Bonchev–Trinajstić information content (AvgIpc) is 2.50. The van der Waals surface area contributed by atoms with Crippen LogP contribution in [-0.2, 0) is 4.79 Å². The van der Waals surface area contributed by atoms with E-state index in [0.717, 1.165) is 13.1 Å². The molecular formula is C14H17BrFN3O2. The van der Waals surface area contributed by atoms with E-state index in [1.54, 1.807) is 11.9 Å². The van der Waals surface area contributed by atoms with Crippen LogP contribution in [-0.4, -0.2) is 61.4 Å². The van der Waals surface area contributed by atoms with Gasteiger partial charge in [-0.1, -0.05) is 6.07 Å². The van der Waals surface area contributed by atoms with Crippen molar-refractivity contribution in [3.8, 4) is 0 Å². The second-order valence-corrected chi connectivity index (χ2v) is 5.69. The van der Waals surface area contributed by atoms with Crippen molar-refractivity contribution in [2.45, 2.75) is 0 Å². The summed E-state index contributed by atoms with van der Waals surface area (Å²) in [7, 11) is 1.54. The van der Waals surface area contributed by atoms with Gasteiger partial charge in [-0.25, -0.2) is 4.39 Å². The van der Waals surface area contributed by atoms with Crippen molar-refractivity contribution in [1.82, 2.24) is 15.1 Å². The molecule has 0 spiro atoms. The van der Waals surface area contributed by atoms with E-state index in [-0.39, 0.29) is 28.4 Å². The number of amides is 2. The number of carbonyl (C=O) groups is 2. The molecule has 0 radical (unpaired) electrons. The average molecular weight is 358 g/mol. The normalized spacial score (nSPS) is 14.9. The molecule has 1 aromatic rings. The molecule has 1 aliphatic rings. The Kier molecular flexibility index (Phi) is 5.30. The van der Waals surface area contributed by atoms with Gasteiger partial charge in [0.05, 0.1) is 16.6 Å². The molecule has 114 valence electrons. The van der Waals surface area contributed by atoms with Gasteiger partial charge in [-0.15, -0.1) is 0 Å². The number of hydrogen-bond acceptors (Lipinski definition) is 3. The number of piperazine rings is 1. The van der Waals surface area contributed by atoms with Crippen LogP contribution in [0.5, 0.6) is 0 Å². The SMILES string of the molecule is CN(CC(=O)N1CCNCC1)C(=O)c1cccc(F)c1Br. The standard InChI is InChI=1S/C14H17BrFN3O2/c1-18(9-12(20)19-7-5-17-6-8-19)14(21)10-3-2-4-11(16)13(10)15/h2-4,17H,5-9H2,1H3. The summed E-state index contributed by atoms with van der Waals surface area (Å²) in [5, 5.41) is 3.16. The van der Waals surface area contributed by atoms with E-state index in [4.69, 9.17) is 0 Å². The van der Waals surface area contributed by atoms with Crippen LogP contribution in [0.25, 0.3) is 0 Å². The quantitative estimate of drug-likeness (QED) is 0.880. The number of nitrogens with zero attached hydrogens (tertiary/aromatic N) is 2. The molecule has 1 aromatic carbocycles.